The van der Waals surface area contributed by atoms with Crippen LogP contribution in [0.4, 0.5) is 0 Å². The Bertz CT molecular complexity index is 1020. The molecular weight excluding hydrogens is 520 g/mol. The number of rotatable bonds is 9. The number of aliphatic imine (C=N–C) groups is 1. The van der Waals surface area contributed by atoms with Crippen LogP contribution in [-0.2, 0) is 39.9 Å². The monoisotopic (exact) mass is 566 g/mol. The van der Waals surface area contributed by atoms with Crippen molar-refractivity contribution in [3.63, 3.8) is 0 Å². The maximum Gasteiger partial charge on any atom is 0.325 e. The summed E-state index contributed by atoms with van der Waals surface area (Å²) in [5.41, 5.74) is 3.76. The van der Waals surface area contributed by atoms with Crippen molar-refractivity contribution in [1.82, 2.24) is 16.1 Å². The Morgan fingerprint density at radius 2 is 1.75 bits per heavy atom. The lowest BCUT2D eigenvalue weighted by molar-refractivity contribution is -0.152. The average Bonchev–Trinajstić information content (AvgIpc) is 3.31. The molecule has 3 N–H and O–H groups in total. The molecule has 2 atom stereocenters. The number of carbonyl (C=O) groups excluding carboxylic acids is 4. The van der Waals surface area contributed by atoms with E-state index in [2.05, 4.69) is 25.8 Å². The zero-order valence-electron chi connectivity index (χ0n) is 25.6. The van der Waals surface area contributed by atoms with Gasteiger partial charge in [0.15, 0.2) is 0 Å². The zero-order chi connectivity index (χ0) is 31.0. The van der Waals surface area contributed by atoms with Crippen LogP contribution in [0.5, 0.6) is 5.75 Å². The Hall–Kier alpha value is -3.67. The topological polar surface area (TPSA) is 154 Å². The molecule has 1 aromatic carbocycles. The van der Waals surface area contributed by atoms with E-state index in [1.807, 2.05) is 40.7 Å². The van der Waals surface area contributed by atoms with Crippen LogP contribution in [0.25, 0.3) is 0 Å². The van der Waals surface area contributed by atoms with Gasteiger partial charge in [-0.1, -0.05) is 33.8 Å². The van der Waals surface area contributed by atoms with Crippen molar-refractivity contribution in [3.05, 3.63) is 29.3 Å². The number of amides is 2. The van der Waals surface area contributed by atoms with Gasteiger partial charge >= 0.3 is 11.9 Å². The quantitative estimate of drug-likeness (QED) is 0.383. The zero-order valence-corrected chi connectivity index (χ0v) is 25.6. The molecule has 2 unspecified atom stereocenters. The number of esters is 2. The van der Waals surface area contributed by atoms with Crippen LogP contribution in [0.15, 0.2) is 23.2 Å². The molecule has 1 heterocycles. The normalized spacial score (nSPS) is 14.6. The van der Waals surface area contributed by atoms with Crippen LogP contribution in [0, 0.1) is 5.92 Å². The van der Waals surface area contributed by atoms with E-state index in [4.69, 9.17) is 14.3 Å². The van der Waals surface area contributed by atoms with Gasteiger partial charge in [-0.3, -0.25) is 24.7 Å². The second-order valence-corrected chi connectivity index (χ2v) is 9.82. The molecule has 0 saturated heterocycles. The van der Waals surface area contributed by atoms with Crippen molar-refractivity contribution >= 4 is 29.6 Å². The number of benzene rings is 1. The predicted octanol–water partition coefficient (Wildman–Crippen LogP) is 2.99. The van der Waals surface area contributed by atoms with E-state index >= 15 is 0 Å². The van der Waals surface area contributed by atoms with Gasteiger partial charge in [-0.2, -0.15) is 0 Å². The number of nitrogens with zero attached hydrogens (tertiary/aromatic N) is 1. The predicted molar refractivity (Wildman–Crippen MR) is 151 cm³/mol. The first-order valence-electron chi connectivity index (χ1n) is 13.1. The van der Waals surface area contributed by atoms with Gasteiger partial charge in [-0.05, 0) is 45.7 Å². The van der Waals surface area contributed by atoms with E-state index in [1.54, 1.807) is 32.9 Å². The third-order valence-electron chi connectivity index (χ3n) is 4.92. The Morgan fingerprint density at radius 1 is 1.12 bits per heavy atom. The lowest BCUT2D eigenvalue weighted by Crippen LogP contribution is -2.51. The summed E-state index contributed by atoms with van der Waals surface area (Å²) in [5.74, 6) is -0.597. The van der Waals surface area contributed by atoms with Crippen molar-refractivity contribution in [2.45, 2.75) is 86.6 Å². The molecule has 2 rings (SSSR count). The smallest absolute Gasteiger partial charge is 0.325 e. The van der Waals surface area contributed by atoms with Gasteiger partial charge in [0, 0.05) is 18.1 Å². The SMILES string of the molecule is CC.CC(=O)OC(C)(C)C.COC(=O)CNC(=O)C(NC(=O)Cc1cc(C2N=C(C)NO2)ccc1OC)C(C)C. The molecule has 12 heteroatoms. The van der Waals surface area contributed by atoms with Crippen molar-refractivity contribution in [3.8, 4) is 5.75 Å². The molecule has 40 heavy (non-hydrogen) atoms. The van der Waals surface area contributed by atoms with Gasteiger partial charge in [0.25, 0.3) is 0 Å². The largest absolute Gasteiger partial charge is 0.496 e. The highest BCUT2D eigenvalue weighted by Crippen LogP contribution is 2.27. The third-order valence-corrected chi connectivity index (χ3v) is 4.92. The fourth-order valence-electron chi connectivity index (χ4n) is 3.31. The second-order valence-electron chi connectivity index (χ2n) is 9.82. The van der Waals surface area contributed by atoms with Crippen molar-refractivity contribution in [2.24, 2.45) is 10.9 Å². The highest BCUT2D eigenvalue weighted by molar-refractivity contribution is 5.90. The molecule has 1 aliphatic heterocycles. The maximum absolute atomic E-state index is 12.7. The summed E-state index contributed by atoms with van der Waals surface area (Å²) < 4.78 is 14.7. The number of carbonyl (C=O) groups is 4. The first-order chi connectivity index (χ1) is 18.7. The lowest BCUT2D eigenvalue weighted by atomic mass is 10.0. The van der Waals surface area contributed by atoms with Gasteiger partial charge in [0.2, 0.25) is 18.0 Å². The number of hydrogen-bond acceptors (Lipinski definition) is 10. The molecule has 0 spiro atoms. The van der Waals surface area contributed by atoms with E-state index in [0.29, 0.717) is 17.1 Å². The molecule has 12 nitrogen and oxygen atoms in total. The van der Waals surface area contributed by atoms with Crippen LogP contribution in [0.1, 0.15) is 79.7 Å². The molecular formula is C28H46N4O8. The number of methoxy groups -OCH3 is 2. The summed E-state index contributed by atoms with van der Waals surface area (Å²) in [6.45, 7) is 16.1. The molecule has 226 valence electrons. The van der Waals surface area contributed by atoms with E-state index in [-0.39, 0.29) is 36.4 Å². The lowest BCUT2D eigenvalue weighted by Gasteiger charge is -2.22. The Kier molecular flexibility index (Phi) is 16.2. The minimum absolute atomic E-state index is 0.00659. The first-order valence-corrected chi connectivity index (χ1v) is 13.1. The fraction of sp³-hybridized carbons (Fsp3) is 0.607. The Balaban J connectivity index is 0.00000130. The summed E-state index contributed by atoms with van der Waals surface area (Å²) in [7, 11) is 2.75. The standard InChI is InChI=1S/C20H28N4O6.C6H12O2.C2H6/c1-11(2)18(19(27)21-10-17(26)29-5)23-16(25)9-14-8-13(6-7-15(14)28-4)20-22-12(3)24-30-20;1-5(7)8-6(2,3)4;1-2/h6-8,11,18,20H,9-10H2,1-5H3,(H,21,27)(H,22,24)(H,23,25);1-4H3;1-2H3. The summed E-state index contributed by atoms with van der Waals surface area (Å²) in [6.07, 6.45) is -0.516. The molecule has 1 aliphatic rings. The summed E-state index contributed by atoms with van der Waals surface area (Å²) in [4.78, 5) is 56.2. The number of hydroxylamine groups is 1. The molecule has 0 radical (unpaired) electrons. The van der Waals surface area contributed by atoms with Crippen molar-refractivity contribution in [2.75, 3.05) is 20.8 Å². The maximum atomic E-state index is 12.7. The fourth-order valence-corrected chi connectivity index (χ4v) is 3.31. The first kappa shape index (κ1) is 36.3. The molecule has 1 aromatic rings. The van der Waals surface area contributed by atoms with E-state index in [9.17, 15) is 19.2 Å². The van der Waals surface area contributed by atoms with Crippen LogP contribution < -0.4 is 20.9 Å². The molecule has 0 saturated carbocycles. The van der Waals surface area contributed by atoms with E-state index in [1.165, 1.54) is 21.1 Å². The second kappa shape index (κ2) is 17.8. The minimum Gasteiger partial charge on any atom is -0.496 e. The highest BCUT2D eigenvalue weighted by atomic mass is 16.7. The van der Waals surface area contributed by atoms with Crippen LogP contribution >= 0.6 is 0 Å². The van der Waals surface area contributed by atoms with Gasteiger partial charge in [-0.15, -0.1) is 0 Å². The van der Waals surface area contributed by atoms with Crippen LogP contribution in [0.2, 0.25) is 0 Å². The van der Waals surface area contributed by atoms with Crippen molar-refractivity contribution in [1.29, 1.82) is 0 Å². The number of ether oxygens (including phenoxy) is 3. The van der Waals surface area contributed by atoms with E-state index in [0.717, 1.165) is 5.56 Å². The van der Waals surface area contributed by atoms with E-state index < -0.39 is 24.1 Å². The number of nitrogens with one attached hydrogen (secondary N) is 3. The average molecular weight is 567 g/mol. The van der Waals surface area contributed by atoms with Gasteiger partial charge in [0.1, 0.15) is 29.8 Å². The number of amidine groups is 1. The molecule has 0 aliphatic carbocycles. The minimum atomic E-state index is -0.800. The van der Waals surface area contributed by atoms with Gasteiger partial charge < -0.3 is 24.8 Å². The van der Waals surface area contributed by atoms with Crippen LogP contribution in [-0.4, -0.2) is 62.0 Å². The van der Waals surface area contributed by atoms with Gasteiger partial charge in [-0.25, -0.2) is 9.83 Å². The Morgan fingerprint density at radius 3 is 2.17 bits per heavy atom. The van der Waals surface area contributed by atoms with Gasteiger partial charge in [0.05, 0.1) is 20.6 Å². The molecule has 0 bridgehead atoms. The molecule has 0 fully saturated rings. The van der Waals surface area contributed by atoms with Crippen molar-refractivity contribution < 1.29 is 38.2 Å². The molecule has 2 amide bonds. The number of hydrogen-bond donors (Lipinski definition) is 3. The summed E-state index contributed by atoms with van der Waals surface area (Å²) >= 11 is 0. The Labute approximate surface area is 237 Å². The third kappa shape index (κ3) is 13.9. The molecule has 0 aromatic heterocycles. The highest BCUT2D eigenvalue weighted by Gasteiger charge is 2.26. The summed E-state index contributed by atoms with van der Waals surface area (Å²) in [6, 6.07) is 4.54. The summed E-state index contributed by atoms with van der Waals surface area (Å²) in [5, 5.41) is 5.19. The van der Waals surface area contributed by atoms with Crippen LogP contribution in [0.3, 0.4) is 0 Å².